The molecule has 2 N–H and O–H groups in total. The van der Waals surface area contributed by atoms with Crippen LogP contribution in [0.3, 0.4) is 0 Å². The molecule has 0 aliphatic rings. The summed E-state index contributed by atoms with van der Waals surface area (Å²) in [6, 6.07) is 10.0. The minimum atomic E-state index is -0.829. The van der Waals surface area contributed by atoms with Gasteiger partial charge in [0.05, 0.1) is 5.54 Å². The van der Waals surface area contributed by atoms with Crippen molar-refractivity contribution in [1.82, 2.24) is 10.4 Å². The molecule has 0 unspecified atom stereocenters. The lowest BCUT2D eigenvalue weighted by molar-refractivity contribution is 0.0358. The highest BCUT2D eigenvalue weighted by Crippen LogP contribution is 2.18. The summed E-state index contributed by atoms with van der Waals surface area (Å²) >= 11 is 0. The molecular weight excluding hydrogens is 367 g/mol. The number of carbonyl (C=O) groups is 3. The van der Waals surface area contributed by atoms with Gasteiger partial charge in [-0.25, -0.2) is 5.01 Å². The zero-order valence-electron chi connectivity index (χ0n) is 17.7. The molecule has 152 valence electrons. The summed E-state index contributed by atoms with van der Waals surface area (Å²) in [5.41, 5.74) is 5.28. The van der Waals surface area contributed by atoms with Crippen LogP contribution >= 0.6 is 0 Å². The van der Waals surface area contributed by atoms with E-state index < -0.39 is 18.4 Å². The smallest absolute Gasteiger partial charge is 0.321 e. The quantitative estimate of drug-likeness (QED) is 0.474. The molecule has 0 atom stereocenters. The first-order valence-electron chi connectivity index (χ1n) is 9.45. The van der Waals surface area contributed by atoms with Crippen molar-refractivity contribution in [3.05, 3.63) is 64.2 Å². The van der Waals surface area contributed by atoms with E-state index in [2.05, 4.69) is 5.43 Å². The average molecular weight is 394 g/mol. The molecule has 0 spiro atoms. The fourth-order valence-electron chi connectivity index (χ4n) is 3.11. The first-order valence-corrected chi connectivity index (χ1v) is 9.45. The minimum Gasteiger partial charge on any atom is -0.446 e. The van der Waals surface area contributed by atoms with Gasteiger partial charge in [-0.1, -0.05) is 30.1 Å². The van der Waals surface area contributed by atoms with E-state index in [9.17, 15) is 19.4 Å². The van der Waals surface area contributed by atoms with Crippen molar-refractivity contribution in [2.24, 2.45) is 0 Å². The fourth-order valence-corrected chi connectivity index (χ4v) is 3.11. The molecule has 2 aromatic carbocycles. The van der Waals surface area contributed by atoms with Crippen molar-refractivity contribution >= 4 is 30.5 Å². The third-order valence-electron chi connectivity index (χ3n) is 4.48. The lowest BCUT2D eigenvalue weighted by atomic mass is 9.62. The Kier molecular flexibility index (Phi) is 6.64. The van der Waals surface area contributed by atoms with Gasteiger partial charge in [-0.05, 0) is 64.3 Å². The Balaban J connectivity index is 2.37. The summed E-state index contributed by atoms with van der Waals surface area (Å²) in [6.07, 6.45) is 0.598. The number of hydrogen-bond acceptors (Lipinski definition) is 4. The van der Waals surface area contributed by atoms with Crippen LogP contribution < -0.4 is 10.9 Å². The Morgan fingerprint density at radius 3 is 2.10 bits per heavy atom. The van der Waals surface area contributed by atoms with E-state index in [-0.39, 0.29) is 17.0 Å². The van der Waals surface area contributed by atoms with E-state index in [4.69, 9.17) is 0 Å². The molecule has 0 bridgehead atoms. The number of hydrogen-bond donors (Lipinski definition) is 2. The van der Waals surface area contributed by atoms with Crippen molar-refractivity contribution in [1.29, 1.82) is 0 Å². The Labute approximate surface area is 172 Å². The maximum absolute atomic E-state index is 13.2. The number of rotatable bonds is 4. The molecule has 0 aliphatic carbocycles. The molecule has 2 amide bonds. The number of nitrogens with zero attached hydrogens (tertiary/aromatic N) is 1. The third kappa shape index (κ3) is 5.32. The minimum absolute atomic E-state index is 0.221. The normalized spacial score (nSPS) is 11.0. The fraction of sp³-hybridized carbons (Fsp3) is 0.318. The van der Waals surface area contributed by atoms with Crippen LogP contribution in [0.15, 0.2) is 36.4 Å². The average Bonchev–Trinajstić information content (AvgIpc) is 2.62. The van der Waals surface area contributed by atoms with Crippen LogP contribution in [0.5, 0.6) is 0 Å². The Hall–Kier alpha value is -2.93. The van der Waals surface area contributed by atoms with Gasteiger partial charge in [0.1, 0.15) is 6.29 Å². The lowest BCUT2D eigenvalue weighted by Crippen LogP contribution is -2.56. The summed E-state index contributed by atoms with van der Waals surface area (Å²) in [7, 11) is 0. The highest BCUT2D eigenvalue weighted by atomic mass is 16.2. The number of hydrazine groups is 1. The van der Waals surface area contributed by atoms with Gasteiger partial charge >= 0.3 is 6.92 Å². The van der Waals surface area contributed by atoms with Crippen molar-refractivity contribution in [3.8, 4) is 0 Å². The second-order valence-corrected chi connectivity index (χ2v) is 8.27. The van der Waals surface area contributed by atoms with Crippen LogP contribution in [0.2, 0.25) is 6.82 Å². The topological polar surface area (TPSA) is 86.7 Å². The molecular formula is C22H27BN2O4. The summed E-state index contributed by atoms with van der Waals surface area (Å²) in [6.45, 7) is 10.0. The first kappa shape index (κ1) is 22.4. The number of carbonyl (C=O) groups excluding carboxylic acids is 3. The Morgan fingerprint density at radius 1 is 1.03 bits per heavy atom. The largest absolute Gasteiger partial charge is 0.446 e. The number of nitrogens with one attached hydrogen (secondary N) is 1. The van der Waals surface area contributed by atoms with Gasteiger partial charge in [0.15, 0.2) is 0 Å². The number of benzene rings is 2. The SMILES string of the molecule is CB(O)c1ccc(C(=O)NN(C(=O)c2cc(C)cc(C)c2)C(C)(C)C)cc1C=O. The molecule has 0 aromatic heterocycles. The van der Waals surface area contributed by atoms with E-state index in [1.165, 1.54) is 23.2 Å². The first-order chi connectivity index (χ1) is 13.4. The highest BCUT2D eigenvalue weighted by Gasteiger charge is 2.30. The Bertz CT molecular complexity index is 928. The van der Waals surface area contributed by atoms with Gasteiger partial charge in [-0.15, -0.1) is 0 Å². The second kappa shape index (κ2) is 8.61. The number of amides is 2. The summed E-state index contributed by atoms with van der Waals surface area (Å²) in [4.78, 5) is 37.3. The molecule has 2 rings (SSSR count). The van der Waals surface area contributed by atoms with Crippen molar-refractivity contribution in [2.45, 2.75) is 47.0 Å². The summed E-state index contributed by atoms with van der Waals surface area (Å²) in [5, 5.41) is 11.0. The molecule has 0 radical (unpaired) electrons. The molecule has 6 nitrogen and oxygen atoms in total. The van der Waals surface area contributed by atoms with Crippen LogP contribution in [0, 0.1) is 13.8 Å². The van der Waals surface area contributed by atoms with Crippen LogP contribution in [-0.4, -0.2) is 40.6 Å². The zero-order valence-corrected chi connectivity index (χ0v) is 17.7. The van der Waals surface area contributed by atoms with Crippen molar-refractivity contribution in [3.63, 3.8) is 0 Å². The van der Waals surface area contributed by atoms with E-state index in [0.717, 1.165) is 11.1 Å². The van der Waals surface area contributed by atoms with Crippen molar-refractivity contribution < 1.29 is 19.4 Å². The third-order valence-corrected chi connectivity index (χ3v) is 4.48. The van der Waals surface area contributed by atoms with E-state index >= 15 is 0 Å². The molecule has 7 heteroatoms. The van der Waals surface area contributed by atoms with E-state index in [0.29, 0.717) is 17.3 Å². The molecule has 0 aliphatic heterocycles. The van der Waals surface area contributed by atoms with Gasteiger partial charge in [0.2, 0.25) is 0 Å². The van der Waals surface area contributed by atoms with Crippen molar-refractivity contribution in [2.75, 3.05) is 0 Å². The molecule has 0 heterocycles. The maximum Gasteiger partial charge on any atom is 0.321 e. The van der Waals surface area contributed by atoms with Crippen LogP contribution in [0.1, 0.15) is 63.0 Å². The van der Waals surface area contributed by atoms with Gasteiger partial charge < -0.3 is 5.02 Å². The maximum atomic E-state index is 13.2. The van der Waals surface area contributed by atoms with Gasteiger partial charge in [0, 0.05) is 16.7 Å². The lowest BCUT2D eigenvalue weighted by Gasteiger charge is -2.35. The highest BCUT2D eigenvalue weighted by molar-refractivity contribution is 6.66. The molecule has 29 heavy (non-hydrogen) atoms. The summed E-state index contributed by atoms with van der Waals surface area (Å²) < 4.78 is 0. The number of aldehydes is 1. The molecule has 0 saturated carbocycles. The van der Waals surface area contributed by atoms with E-state index in [1.807, 2.05) is 40.7 Å². The van der Waals surface area contributed by atoms with Gasteiger partial charge in [-0.3, -0.25) is 19.8 Å². The molecule has 2 aromatic rings. The predicted molar refractivity (Wildman–Crippen MR) is 115 cm³/mol. The van der Waals surface area contributed by atoms with Crippen LogP contribution in [-0.2, 0) is 0 Å². The van der Waals surface area contributed by atoms with Crippen LogP contribution in [0.25, 0.3) is 0 Å². The number of aryl methyl sites for hydroxylation is 2. The van der Waals surface area contributed by atoms with E-state index in [1.54, 1.807) is 19.0 Å². The second-order valence-electron chi connectivity index (χ2n) is 8.27. The Morgan fingerprint density at radius 2 is 1.62 bits per heavy atom. The predicted octanol–water partition coefficient (Wildman–Crippen LogP) is 2.52. The monoisotopic (exact) mass is 394 g/mol. The van der Waals surface area contributed by atoms with Gasteiger partial charge in [-0.2, -0.15) is 0 Å². The molecule has 0 saturated heterocycles. The van der Waals surface area contributed by atoms with Crippen LogP contribution in [0.4, 0.5) is 0 Å². The summed E-state index contributed by atoms with van der Waals surface area (Å²) in [5.74, 6) is -0.841. The standard InChI is InChI=1S/C22H27BN2O4/c1-14-9-15(2)11-17(10-14)21(28)25(22(3,4)5)24-20(27)16-7-8-19(23(6)29)18(12-16)13-26/h7-13,29H,1-6H3,(H,24,27). The molecule has 0 fully saturated rings. The van der Waals surface area contributed by atoms with Gasteiger partial charge in [0.25, 0.3) is 11.8 Å². The zero-order chi connectivity index (χ0) is 21.9.